The minimum Gasteiger partial charge on any atom is -1.00 e. The second-order valence-electron chi connectivity index (χ2n) is 14.9. The van der Waals surface area contributed by atoms with Gasteiger partial charge in [-0.15, -0.1) is 5.56 Å². The molecular weight excluding hydrogens is 655 g/mol. The molecule has 3 aromatic carbocycles. The van der Waals surface area contributed by atoms with Gasteiger partial charge in [-0.25, -0.2) is 5.57 Å². The number of halogens is 2. The van der Waals surface area contributed by atoms with E-state index in [2.05, 4.69) is 162 Å². The summed E-state index contributed by atoms with van der Waals surface area (Å²) < 4.78 is 1.55. The molecule has 5 rings (SSSR count). The van der Waals surface area contributed by atoms with Crippen molar-refractivity contribution in [1.29, 1.82) is 0 Å². The largest absolute Gasteiger partial charge is 1.00 e. The van der Waals surface area contributed by atoms with Crippen molar-refractivity contribution in [3.63, 3.8) is 0 Å². The first kappa shape index (κ1) is 40.5. The Morgan fingerprint density at radius 2 is 1.36 bits per heavy atom. The zero-order valence-electron chi connectivity index (χ0n) is 29.1. The molecule has 0 heterocycles. The van der Waals surface area contributed by atoms with Crippen LogP contribution in [0.2, 0.25) is 0 Å². The SMILES string of the molecule is CC(C)(C)c1c[c-]c2c(c1)-c1cc(C(C)(C)C)ccc1C2.CC1=[C-]C(C)C=C1C(C)(C)C.CC[C](=[Zr+2])c1ccccc1.[Cl-].[Cl-]. The summed E-state index contributed by atoms with van der Waals surface area (Å²) in [6.45, 7) is 26.9. The first-order chi connectivity index (χ1) is 19.4. The van der Waals surface area contributed by atoms with Crippen molar-refractivity contribution in [3.8, 4) is 11.1 Å². The van der Waals surface area contributed by atoms with Crippen molar-refractivity contribution >= 4 is 3.21 Å². The van der Waals surface area contributed by atoms with Crippen LogP contribution in [0, 0.1) is 23.5 Å². The topological polar surface area (TPSA) is 0 Å². The molecule has 0 amide bonds. The van der Waals surface area contributed by atoms with Crippen LogP contribution in [-0.4, -0.2) is 3.21 Å². The number of benzene rings is 3. The van der Waals surface area contributed by atoms with Crippen LogP contribution in [0.1, 0.15) is 117 Å². The van der Waals surface area contributed by atoms with Gasteiger partial charge < -0.3 is 24.8 Å². The Bertz CT molecular complexity index is 1390. The van der Waals surface area contributed by atoms with E-state index in [1.54, 1.807) is 3.21 Å². The van der Waals surface area contributed by atoms with Crippen LogP contribution in [0.25, 0.3) is 11.1 Å². The Kier molecular flexibility index (Phi) is 15.0. The van der Waals surface area contributed by atoms with E-state index in [1.807, 2.05) is 0 Å². The summed E-state index contributed by atoms with van der Waals surface area (Å²) in [5, 5.41) is 0. The van der Waals surface area contributed by atoms with Gasteiger partial charge in [-0.3, -0.25) is 6.08 Å². The molecule has 44 heavy (non-hydrogen) atoms. The monoisotopic (exact) mass is 704 g/mol. The molecule has 2 aliphatic rings. The quantitative estimate of drug-likeness (QED) is 0.252. The van der Waals surface area contributed by atoms with E-state index in [0.717, 1.165) is 6.42 Å². The molecule has 3 heteroatoms. The maximum atomic E-state index is 3.53. The van der Waals surface area contributed by atoms with Crippen LogP contribution < -0.4 is 24.8 Å². The molecular formula is C41H52Cl2Zr-2. The summed E-state index contributed by atoms with van der Waals surface area (Å²) in [7, 11) is 0. The van der Waals surface area contributed by atoms with Gasteiger partial charge in [0.15, 0.2) is 0 Å². The fourth-order valence-electron chi connectivity index (χ4n) is 5.48. The Morgan fingerprint density at radius 3 is 1.82 bits per heavy atom. The van der Waals surface area contributed by atoms with Gasteiger partial charge in [0.2, 0.25) is 0 Å². The molecule has 3 aromatic rings. The van der Waals surface area contributed by atoms with Crippen LogP contribution in [0.3, 0.4) is 0 Å². The maximum absolute atomic E-state index is 3.53. The summed E-state index contributed by atoms with van der Waals surface area (Å²) >= 11 is 1.54. The zero-order valence-corrected chi connectivity index (χ0v) is 33.1. The van der Waals surface area contributed by atoms with Crippen molar-refractivity contribution in [1.82, 2.24) is 0 Å². The average Bonchev–Trinajstić information content (AvgIpc) is 3.46. The van der Waals surface area contributed by atoms with Gasteiger partial charge >= 0.3 is 76.7 Å². The standard InChI is InChI=1S/C21H25.C11H17.C9H10.2ClH.Zr/c1-20(2,3)16-9-7-14-11-15-8-10-17(21(4,5)6)13-19(15)18(14)12-16;1-8-6-9(2)10(7-8)11(3,4)5;1-2-6-9-7-4-3-5-8-9;;;/h7,9-10,12-13H,11H2,1-6H3;7-8H,1-5H3;3-5,7-8H,2H2,1H3;2*1H;/q2*-1;;;;+2/p-2. The van der Waals surface area contributed by atoms with E-state index >= 15 is 0 Å². The number of hydrogen-bond donors (Lipinski definition) is 0. The number of allylic oxidation sites excluding steroid dienone is 4. The van der Waals surface area contributed by atoms with E-state index in [-0.39, 0.29) is 35.6 Å². The van der Waals surface area contributed by atoms with Gasteiger partial charge in [-0.05, 0) is 17.4 Å². The smallest absolute Gasteiger partial charge is 1.00 e. The van der Waals surface area contributed by atoms with E-state index in [4.69, 9.17) is 0 Å². The third-order valence-electron chi connectivity index (χ3n) is 8.07. The van der Waals surface area contributed by atoms with E-state index in [0.29, 0.717) is 11.3 Å². The molecule has 236 valence electrons. The molecule has 0 saturated heterocycles. The fourth-order valence-corrected chi connectivity index (χ4v) is 5.89. The molecule has 1 atom stereocenters. The van der Waals surface area contributed by atoms with Crippen molar-refractivity contribution in [2.24, 2.45) is 11.3 Å². The fraction of sp³-hybridized carbons (Fsp3) is 0.439. The minimum atomic E-state index is 0. The van der Waals surface area contributed by atoms with Crippen molar-refractivity contribution in [3.05, 3.63) is 118 Å². The minimum absolute atomic E-state index is 0. The van der Waals surface area contributed by atoms with Crippen molar-refractivity contribution in [2.45, 2.75) is 107 Å². The number of rotatable bonds is 2. The summed E-state index contributed by atoms with van der Waals surface area (Å²) in [6, 6.07) is 25.7. The summed E-state index contributed by atoms with van der Waals surface area (Å²) in [4.78, 5) is 0. The Balaban J connectivity index is 0.000000358. The van der Waals surface area contributed by atoms with Crippen molar-refractivity contribution in [2.75, 3.05) is 0 Å². The normalized spacial score (nSPS) is 15.1. The van der Waals surface area contributed by atoms with Crippen LogP contribution in [0.4, 0.5) is 0 Å². The Morgan fingerprint density at radius 1 is 0.795 bits per heavy atom. The molecule has 1 unspecified atom stereocenters. The van der Waals surface area contributed by atoms with E-state index in [1.165, 1.54) is 80.7 Å². The molecule has 0 aromatic heterocycles. The molecule has 0 nitrogen and oxygen atoms in total. The Labute approximate surface area is 297 Å². The predicted octanol–water partition coefficient (Wildman–Crippen LogP) is 5.18. The predicted molar refractivity (Wildman–Crippen MR) is 181 cm³/mol. The second-order valence-corrected chi connectivity index (χ2v) is 16.4. The molecule has 0 fully saturated rings. The summed E-state index contributed by atoms with van der Waals surface area (Å²) in [5.41, 5.74) is 13.3. The van der Waals surface area contributed by atoms with Crippen molar-refractivity contribution < 1.29 is 49.0 Å². The van der Waals surface area contributed by atoms with Gasteiger partial charge in [-0.2, -0.15) is 41.0 Å². The van der Waals surface area contributed by atoms with Crippen LogP contribution in [0.5, 0.6) is 0 Å². The molecule has 0 spiro atoms. The number of hydrogen-bond acceptors (Lipinski definition) is 0. The van der Waals surface area contributed by atoms with Crippen LogP contribution >= 0.6 is 0 Å². The molecule has 2 aliphatic carbocycles. The molecule has 0 saturated carbocycles. The Hall–Kier alpha value is -1.53. The van der Waals surface area contributed by atoms with Gasteiger partial charge in [0.05, 0.1) is 0 Å². The van der Waals surface area contributed by atoms with Crippen LogP contribution in [-0.2, 0) is 41.5 Å². The first-order valence-corrected chi connectivity index (χ1v) is 16.8. The maximum Gasteiger partial charge on any atom is -1.00 e. The van der Waals surface area contributed by atoms with E-state index in [9.17, 15) is 0 Å². The zero-order chi connectivity index (χ0) is 31.5. The molecule has 0 aliphatic heterocycles. The van der Waals surface area contributed by atoms with Crippen LogP contribution in [0.15, 0.2) is 77.9 Å². The summed E-state index contributed by atoms with van der Waals surface area (Å²) in [5.74, 6) is 0.518. The van der Waals surface area contributed by atoms with Gasteiger partial charge in [0.1, 0.15) is 0 Å². The summed E-state index contributed by atoms with van der Waals surface area (Å²) in [6.07, 6.45) is 7.92. The van der Waals surface area contributed by atoms with Gasteiger partial charge in [0.25, 0.3) is 0 Å². The van der Waals surface area contributed by atoms with Gasteiger partial charge in [-0.1, -0.05) is 122 Å². The average molecular weight is 707 g/mol. The molecule has 0 radical (unpaired) electrons. The third-order valence-corrected chi connectivity index (χ3v) is 9.65. The first-order valence-electron chi connectivity index (χ1n) is 15.6. The number of fused-ring (bicyclic) bond motifs is 3. The molecule has 0 N–H and O–H groups in total. The third kappa shape index (κ3) is 10.8. The van der Waals surface area contributed by atoms with Gasteiger partial charge in [0, 0.05) is 0 Å². The molecule has 0 bridgehead atoms. The van der Waals surface area contributed by atoms with E-state index < -0.39 is 0 Å². The second kappa shape index (κ2) is 16.3.